The van der Waals surface area contributed by atoms with Crippen LogP contribution in [0, 0.1) is 11.8 Å². The molecule has 2 atom stereocenters. The molecule has 1 aromatic rings. The SMILES string of the molecule is O=C1CC2=C(C(C3CCN(c4ccc(OC(F)F)cn4)CC3)=NC2)[C@H](C(F)(F)F)[C@@H]1O. The number of pyridine rings is 1. The van der Waals surface area contributed by atoms with Gasteiger partial charge in [-0.3, -0.25) is 9.79 Å². The maximum Gasteiger partial charge on any atom is 0.398 e. The third-order valence-corrected chi connectivity index (χ3v) is 5.95. The number of aromatic nitrogens is 1. The minimum atomic E-state index is -4.74. The van der Waals surface area contributed by atoms with Crippen LogP contribution in [0.1, 0.15) is 19.3 Å². The molecule has 0 amide bonds. The lowest BCUT2D eigenvalue weighted by molar-refractivity contribution is -0.190. The summed E-state index contributed by atoms with van der Waals surface area (Å²) in [5.41, 5.74) is 0.688. The first kappa shape index (κ1) is 21.7. The molecular weight excluding hydrogens is 425 g/mol. The smallest absolute Gasteiger partial charge is 0.398 e. The van der Waals surface area contributed by atoms with Crippen molar-refractivity contribution < 1.29 is 36.6 Å². The number of hydrogen-bond donors (Lipinski definition) is 1. The maximum atomic E-state index is 13.7. The van der Waals surface area contributed by atoms with Crippen LogP contribution in [0.4, 0.5) is 27.8 Å². The summed E-state index contributed by atoms with van der Waals surface area (Å²) in [5, 5.41) is 9.97. The number of aliphatic imine (C=N–C) groups is 1. The van der Waals surface area contributed by atoms with E-state index < -0.39 is 30.6 Å². The number of piperidine rings is 1. The predicted octanol–water partition coefficient (Wildman–Crippen LogP) is 3.16. The van der Waals surface area contributed by atoms with Crippen LogP contribution < -0.4 is 9.64 Å². The lowest BCUT2D eigenvalue weighted by atomic mass is 9.74. The van der Waals surface area contributed by atoms with Crippen molar-refractivity contribution >= 4 is 17.3 Å². The lowest BCUT2D eigenvalue weighted by Gasteiger charge is -2.36. The van der Waals surface area contributed by atoms with Gasteiger partial charge in [0.2, 0.25) is 0 Å². The van der Waals surface area contributed by atoms with Gasteiger partial charge in [-0.05, 0) is 36.1 Å². The fraction of sp³-hybridized carbons (Fsp3) is 0.550. The Morgan fingerprint density at radius 2 is 1.90 bits per heavy atom. The quantitative estimate of drug-likeness (QED) is 0.721. The molecule has 6 nitrogen and oxygen atoms in total. The number of rotatable bonds is 4. The van der Waals surface area contributed by atoms with Crippen LogP contribution in [0.2, 0.25) is 0 Å². The predicted molar refractivity (Wildman–Crippen MR) is 100 cm³/mol. The molecule has 0 radical (unpaired) electrons. The molecule has 3 aliphatic rings. The summed E-state index contributed by atoms with van der Waals surface area (Å²) in [6.45, 7) is -1.90. The van der Waals surface area contributed by atoms with Crippen molar-refractivity contribution in [2.45, 2.75) is 38.2 Å². The summed E-state index contributed by atoms with van der Waals surface area (Å²) in [5.74, 6) is -2.78. The van der Waals surface area contributed by atoms with Gasteiger partial charge >= 0.3 is 12.8 Å². The lowest BCUT2D eigenvalue weighted by Crippen LogP contribution is -2.46. The molecule has 1 fully saturated rings. The van der Waals surface area contributed by atoms with E-state index in [1.807, 2.05) is 4.90 Å². The molecule has 1 saturated heterocycles. The van der Waals surface area contributed by atoms with E-state index in [2.05, 4.69) is 14.7 Å². The number of hydrogen-bond acceptors (Lipinski definition) is 6. The normalized spacial score (nSPS) is 25.2. The molecule has 3 heterocycles. The number of anilines is 1. The molecule has 0 unspecified atom stereocenters. The highest BCUT2D eigenvalue weighted by atomic mass is 19.4. The van der Waals surface area contributed by atoms with Gasteiger partial charge in [-0.25, -0.2) is 4.98 Å². The van der Waals surface area contributed by atoms with Gasteiger partial charge in [0, 0.05) is 31.1 Å². The second kappa shape index (κ2) is 8.18. The number of aliphatic hydroxyl groups excluding tert-OH is 1. The highest BCUT2D eigenvalue weighted by molar-refractivity contribution is 6.08. The molecule has 31 heavy (non-hydrogen) atoms. The van der Waals surface area contributed by atoms with Gasteiger partial charge in [0.05, 0.1) is 12.7 Å². The van der Waals surface area contributed by atoms with Crippen LogP contribution in [0.5, 0.6) is 5.75 Å². The first-order valence-electron chi connectivity index (χ1n) is 9.85. The van der Waals surface area contributed by atoms with Gasteiger partial charge in [-0.1, -0.05) is 0 Å². The van der Waals surface area contributed by atoms with E-state index in [9.17, 15) is 31.9 Å². The van der Waals surface area contributed by atoms with Gasteiger partial charge < -0.3 is 14.7 Å². The van der Waals surface area contributed by atoms with Crippen molar-refractivity contribution in [1.29, 1.82) is 0 Å². The Morgan fingerprint density at radius 1 is 1.19 bits per heavy atom. The highest BCUT2D eigenvalue weighted by Gasteiger charge is 2.54. The zero-order chi connectivity index (χ0) is 22.3. The summed E-state index contributed by atoms with van der Waals surface area (Å²) >= 11 is 0. The number of alkyl halides is 5. The van der Waals surface area contributed by atoms with Crippen LogP contribution in [-0.2, 0) is 4.79 Å². The molecule has 1 aromatic heterocycles. The minimum absolute atomic E-state index is 0.00956. The minimum Gasteiger partial charge on any atom is -0.433 e. The van der Waals surface area contributed by atoms with E-state index in [0.29, 0.717) is 43.0 Å². The monoisotopic (exact) mass is 445 g/mol. The van der Waals surface area contributed by atoms with Gasteiger partial charge in [0.25, 0.3) is 0 Å². The molecule has 4 rings (SSSR count). The third kappa shape index (κ3) is 4.28. The Kier molecular flexibility index (Phi) is 5.71. The number of ether oxygens (including phenoxy) is 1. The van der Waals surface area contributed by atoms with Crippen molar-refractivity contribution in [3.63, 3.8) is 0 Å². The summed E-state index contributed by atoms with van der Waals surface area (Å²) in [6.07, 6.45) is -4.82. The van der Waals surface area contributed by atoms with Crippen molar-refractivity contribution in [2.24, 2.45) is 16.8 Å². The fourth-order valence-corrected chi connectivity index (χ4v) is 4.53. The highest BCUT2D eigenvalue weighted by Crippen LogP contribution is 2.45. The van der Waals surface area contributed by atoms with E-state index in [4.69, 9.17) is 0 Å². The molecule has 1 aliphatic carbocycles. The Hall–Kier alpha value is -2.56. The number of Topliss-reactive ketones (excluding diaryl/α,β-unsaturated/α-hetero) is 1. The van der Waals surface area contributed by atoms with E-state index in [-0.39, 0.29) is 30.2 Å². The maximum absolute atomic E-state index is 13.7. The standard InChI is InChI=1S/C20H20F5N3O3/c21-19(22)31-12-1-2-14(26-9-12)28-5-3-10(4-6-28)17-15-11(8-27-17)7-13(29)18(30)16(15)20(23,24)25/h1-2,9-10,16,18-19,30H,3-8H2/t16-,18+/m0/s1. The topological polar surface area (TPSA) is 75.0 Å². The number of nitrogens with zero attached hydrogens (tertiary/aromatic N) is 3. The summed E-state index contributed by atoms with van der Waals surface area (Å²) in [7, 11) is 0. The van der Waals surface area contributed by atoms with Crippen LogP contribution in [0.15, 0.2) is 34.5 Å². The number of carbonyl (C=O) groups is 1. The molecule has 2 aliphatic heterocycles. The zero-order valence-electron chi connectivity index (χ0n) is 16.3. The Balaban J connectivity index is 1.46. The number of ketones is 1. The van der Waals surface area contributed by atoms with Crippen molar-refractivity contribution in [3.8, 4) is 5.75 Å². The molecule has 1 N–H and O–H groups in total. The first-order valence-corrected chi connectivity index (χ1v) is 9.85. The van der Waals surface area contributed by atoms with Crippen molar-refractivity contribution in [1.82, 2.24) is 4.98 Å². The molecular formula is C20H20F5N3O3. The van der Waals surface area contributed by atoms with Crippen LogP contribution in [-0.4, -0.2) is 60.1 Å². The Morgan fingerprint density at radius 3 is 2.48 bits per heavy atom. The third-order valence-electron chi connectivity index (χ3n) is 5.95. The fourth-order valence-electron chi connectivity index (χ4n) is 4.53. The zero-order valence-corrected chi connectivity index (χ0v) is 16.3. The van der Waals surface area contributed by atoms with Crippen LogP contribution in [0.25, 0.3) is 0 Å². The Bertz CT molecular complexity index is 906. The number of carbonyl (C=O) groups excluding carboxylic acids is 1. The van der Waals surface area contributed by atoms with Crippen LogP contribution in [0.3, 0.4) is 0 Å². The summed E-state index contributed by atoms with van der Waals surface area (Å²) in [6, 6.07) is 2.93. The van der Waals surface area contributed by atoms with Gasteiger partial charge in [-0.15, -0.1) is 0 Å². The molecule has 0 bridgehead atoms. The number of aliphatic hydroxyl groups is 1. The van der Waals surface area contributed by atoms with E-state index in [0.717, 1.165) is 0 Å². The first-order chi connectivity index (χ1) is 14.6. The summed E-state index contributed by atoms with van der Waals surface area (Å²) < 4.78 is 69.8. The van der Waals surface area contributed by atoms with Gasteiger partial charge in [0.1, 0.15) is 23.6 Å². The average Bonchev–Trinajstić information content (AvgIpc) is 3.11. The number of halogens is 5. The average molecular weight is 445 g/mol. The largest absolute Gasteiger partial charge is 0.433 e. The molecule has 0 spiro atoms. The van der Waals surface area contributed by atoms with Gasteiger partial charge in [-0.2, -0.15) is 22.0 Å². The second-order valence-corrected chi connectivity index (χ2v) is 7.82. The van der Waals surface area contributed by atoms with Crippen LogP contribution >= 0.6 is 0 Å². The van der Waals surface area contributed by atoms with Gasteiger partial charge in [0.15, 0.2) is 5.78 Å². The van der Waals surface area contributed by atoms with E-state index >= 15 is 0 Å². The second-order valence-electron chi connectivity index (χ2n) is 7.82. The van der Waals surface area contributed by atoms with E-state index in [1.54, 1.807) is 6.07 Å². The van der Waals surface area contributed by atoms with Crippen molar-refractivity contribution in [2.75, 3.05) is 24.5 Å². The molecule has 0 saturated carbocycles. The molecule has 0 aromatic carbocycles. The van der Waals surface area contributed by atoms with E-state index in [1.165, 1.54) is 12.3 Å². The molecule has 168 valence electrons. The molecule has 11 heteroatoms. The Labute approximate surface area is 174 Å². The summed E-state index contributed by atoms with van der Waals surface area (Å²) in [4.78, 5) is 22.2. The van der Waals surface area contributed by atoms with Crippen molar-refractivity contribution in [3.05, 3.63) is 29.5 Å².